The Hall–Kier alpha value is -0.710. The molecular weight excluding hydrogens is 225 g/mol. The van der Waals surface area contributed by atoms with Crippen LogP contribution in [-0.4, -0.2) is 5.11 Å². The minimum absolute atomic E-state index is 0.356. The SMILES string of the molecule is Oc1c(F)cc(Br)c(F)c1F. The van der Waals surface area contributed by atoms with Gasteiger partial charge in [-0.3, -0.25) is 0 Å². The van der Waals surface area contributed by atoms with E-state index >= 15 is 0 Å². The summed E-state index contributed by atoms with van der Waals surface area (Å²) < 4.78 is 36.8. The molecule has 1 aromatic rings. The summed E-state index contributed by atoms with van der Waals surface area (Å²) in [4.78, 5) is 0. The third-order valence-electron chi connectivity index (χ3n) is 1.09. The van der Waals surface area contributed by atoms with Crippen LogP contribution in [0.25, 0.3) is 0 Å². The van der Waals surface area contributed by atoms with Crippen molar-refractivity contribution in [1.82, 2.24) is 0 Å². The van der Waals surface area contributed by atoms with Gasteiger partial charge < -0.3 is 5.11 Å². The highest BCUT2D eigenvalue weighted by Crippen LogP contribution is 2.27. The van der Waals surface area contributed by atoms with Crippen LogP contribution in [-0.2, 0) is 0 Å². The van der Waals surface area contributed by atoms with Gasteiger partial charge in [0, 0.05) is 0 Å². The average molecular weight is 227 g/mol. The molecule has 0 aromatic heterocycles. The van der Waals surface area contributed by atoms with Crippen LogP contribution in [0, 0.1) is 17.5 Å². The molecule has 0 aliphatic heterocycles. The lowest BCUT2D eigenvalue weighted by Gasteiger charge is -1.99. The van der Waals surface area contributed by atoms with Crippen molar-refractivity contribution >= 4 is 15.9 Å². The number of phenolic OH excluding ortho intramolecular Hbond substituents is 1. The molecule has 0 unspecified atom stereocenters. The largest absolute Gasteiger partial charge is 0.503 e. The molecule has 0 spiro atoms. The lowest BCUT2D eigenvalue weighted by molar-refractivity contribution is 0.375. The number of rotatable bonds is 0. The first kappa shape index (κ1) is 8.39. The van der Waals surface area contributed by atoms with E-state index < -0.39 is 23.2 Å². The molecule has 0 fully saturated rings. The average Bonchev–Trinajstić information content (AvgIpc) is 1.97. The summed E-state index contributed by atoms with van der Waals surface area (Å²) in [5.74, 6) is -5.39. The van der Waals surface area contributed by atoms with Crippen molar-refractivity contribution in [2.24, 2.45) is 0 Å². The Morgan fingerprint density at radius 3 is 2.27 bits per heavy atom. The van der Waals surface area contributed by atoms with Gasteiger partial charge in [-0.1, -0.05) is 0 Å². The first-order valence-electron chi connectivity index (χ1n) is 2.56. The third-order valence-corrected chi connectivity index (χ3v) is 1.67. The Kier molecular flexibility index (Phi) is 2.08. The van der Waals surface area contributed by atoms with Gasteiger partial charge in [0.05, 0.1) is 4.47 Å². The highest BCUT2D eigenvalue weighted by atomic mass is 79.9. The molecule has 1 nitrogen and oxygen atoms in total. The predicted molar refractivity (Wildman–Crippen MR) is 35.7 cm³/mol. The van der Waals surface area contributed by atoms with Gasteiger partial charge in [0.2, 0.25) is 5.82 Å². The predicted octanol–water partition coefficient (Wildman–Crippen LogP) is 2.57. The molecule has 0 aliphatic carbocycles. The number of aromatic hydroxyl groups is 1. The zero-order valence-corrected chi connectivity index (χ0v) is 6.62. The maximum atomic E-state index is 12.4. The number of phenols is 1. The molecule has 0 heterocycles. The standard InChI is InChI=1S/C6H2BrF3O/c7-2-1-3(8)6(11)5(10)4(2)9/h1,11H. The van der Waals surface area contributed by atoms with E-state index in [0.29, 0.717) is 6.07 Å². The second-order valence-corrected chi connectivity index (χ2v) is 2.67. The first-order valence-corrected chi connectivity index (χ1v) is 3.35. The van der Waals surface area contributed by atoms with E-state index in [2.05, 4.69) is 15.9 Å². The second-order valence-electron chi connectivity index (χ2n) is 1.82. The van der Waals surface area contributed by atoms with Crippen LogP contribution in [0.3, 0.4) is 0 Å². The van der Waals surface area contributed by atoms with Crippen molar-refractivity contribution in [2.75, 3.05) is 0 Å². The van der Waals surface area contributed by atoms with Crippen molar-refractivity contribution in [1.29, 1.82) is 0 Å². The molecule has 0 saturated heterocycles. The fraction of sp³-hybridized carbons (Fsp3) is 0. The molecule has 1 N–H and O–H groups in total. The lowest BCUT2D eigenvalue weighted by atomic mass is 10.3. The third kappa shape index (κ3) is 1.33. The fourth-order valence-electron chi connectivity index (χ4n) is 0.557. The Bertz CT molecular complexity index is 274. The van der Waals surface area contributed by atoms with Gasteiger partial charge in [0.15, 0.2) is 17.4 Å². The van der Waals surface area contributed by atoms with Crippen LogP contribution >= 0.6 is 15.9 Å². The van der Waals surface area contributed by atoms with Crippen molar-refractivity contribution < 1.29 is 18.3 Å². The Morgan fingerprint density at radius 2 is 1.73 bits per heavy atom. The monoisotopic (exact) mass is 226 g/mol. The maximum absolute atomic E-state index is 12.4. The molecule has 11 heavy (non-hydrogen) atoms. The van der Waals surface area contributed by atoms with E-state index in [9.17, 15) is 13.2 Å². The quantitative estimate of drug-likeness (QED) is 0.533. The van der Waals surface area contributed by atoms with Gasteiger partial charge in [-0.2, -0.15) is 4.39 Å². The van der Waals surface area contributed by atoms with Gasteiger partial charge in [0.25, 0.3) is 0 Å². The molecule has 5 heteroatoms. The van der Waals surface area contributed by atoms with E-state index in [4.69, 9.17) is 5.11 Å². The van der Waals surface area contributed by atoms with E-state index in [1.54, 1.807) is 0 Å². The van der Waals surface area contributed by atoms with Crippen LogP contribution < -0.4 is 0 Å². The van der Waals surface area contributed by atoms with Crippen molar-refractivity contribution in [2.45, 2.75) is 0 Å². The normalized spacial score (nSPS) is 10.2. The highest BCUT2D eigenvalue weighted by molar-refractivity contribution is 9.10. The number of halogens is 4. The van der Waals surface area contributed by atoms with E-state index in [1.807, 2.05) is 0 Å². The lowest BCUT2D eigenvalue weighted by Crippen LogP contribution is -1.89. The summed E-state index contributed by atoms with van der Waals surface area (Å²) in [7, 11) is 0. The topological polar surface area (TPSA) is 20.2 Å². The fourth-order valence-corrected chi connectivity index (χ4v) is 0.932. The Labute approximate surface area is 68.6 Å². The second kappa shape index (κ2) is 2.73. The molecule has 1 rings (SSSR count). The molecule has 0 aliphatic rings. The molecule has 60 valence electrons. The molecular formula is C6H2BrF3O. The summed E-state index contributed by atoms with van der Waals surface area (Å²) in [6.45, 7) is 0. The van der Waals surface area contributed by atoms with Crippen LogP contribution in [0.5, 0.6) is 5.75 Å². The van der Waals surface area contributed by atoms with Crippen LogP contribution in [0.1, 0.15) is 0 Å². The Balaban J connectivity index is 3.46. The number of hydrogen-bond donors (Lipinski definition) is 1. The van der Waals surface area contributed by atoms with Crippen molar-refractivity contribution in [3.63, 3.8) is 0 Å². The van der Waals surface area contributed by atoms with Crippen LogP contribution in [0.2, 0.25) is 0 Å². The molecule has 0 atom stereocenters. The number of benzene rings is 1. The van der Waals surface area contributed by atoms with Gasteiger partial charge in [-0.25, -0.2) is 8.78 Å². The molecule has 0 bridgehead atoms. The Morgan fingerprint density at radius 1 is 1.18 bits per heavy atom. The van der Waals surface area contributed by atoms with Crippen molar-refractivity contribution in [3.05, 3.63) is 28.0 Å². The summed E-state index contributed by atoms with van der Waals surface area (Å²) >= 11 is 2.56. The summed E-state index contributed by atoms with van der Waals surface area (Å²) in [5, 5.41) is 8.50. The summed E-state index contributed by atoms with van der Waals surface area (Å²) in [6.07, 6.45) is 0. The minimum atomic E-state index is -1.59. The highest BCUT2D eigenvalue weighted by Gasteiger charge is 2.15. The van der Waals surface area contributed by atoms with E-state index in [1.165, 1.54) is 0 Å². The van der Waals surface area contributed by atoms with Gasteiger partial charge in [-0.05, 0) is 22.0 Å². The van der Waals surface area contributed by atoms with E-state index in [0.717, 1.165) is 0 Å². The minimum Gasteiger partial charge on any atom is -0.503 e. The maximum Gasteiger partial charge on any atom is 0.204 e. The zero-order valence-electron chi connectivity index (χ0n) is 5.04. The van der Waals surface area contributed by atoms with Crippen molar-refractivity contribution in [3.8, 4) is 5.75 Å². The van der Waals surface area contributed by atoms with Gasteiger partial charge in [-0.15, -0.1) is 0 Å². The van der Waals surface area contributed by atoms with Crippen LogP contribution in [0.4, 0.5) is 13.2 Å². The smallest absolute Gasteiger partial charge is 0.204 e. The molecule has 0 radical (unpaired) electrons. The first-order chi connectivity index (χ1) is 5.04. The summed E-state index contributed by atoms with van der Waals surface area (Å²) in [5.41, 5.74) is 0. The van der Waals surface area contributed by atoms with Gasteiger partial charge in [0.1, 0.15) is 0 Å². The molecule has 0 amide bonds. The molecule has 1 aromatic carbocycles. The number of hydrogen-bond acceptors (Lipinski definition) is 1. The summed E-state index contributed by atoms with van der Waals surface area (Å²) in [6, 6.07) is 0.647. The zero-order chi connectivity index (χ0) is 8.59. The van der Waals surface area contributed by atoms with E-state index in [-0.39, 0.29) is 4.47 Å². The van der Waals surface area contributed by atoms with Gasteiger partial charge >= 0.3 is 0 Å². The molecule has 0 saturated carbocycles. The van der Waals surface area contributed by atoms with Crippen LogP contribution in [0.15, 0.2) is 10.5 Å².